The van der Waals surface area contributed by atoms with Gasteiger partial charge in [0.25, 0.3) is 0 Å². The van der Waals surface area contributed by atoms with E-state index in [1.54, 1.807) is 11.9 Å². The number of benzene rings is 1. The van der Waals surface area contributed by atoms with Crippen molar-refractivity contribution in [2.75, 3.05) is 39.8 Å². The summed E-state index contributed by atoms with van der Waals surface area (Å²) in [5, 5.41) is 3.31. The molecule has 0 aromatic heterocycles. The van der Waals surface area contributed by atoms with Gasteiger partial charge in [-0.1, -0.05) is 30.3 Å². The SMILES string of the molecule is CC(C(=O)NC1CCN(Cc2ccccc2)CC1)N1CCCC(CN(C)C(=O)OC(C)(C)C)C1. The third-order valence-corrected chi connectivity index (χ3v) is 6.90. The molecular weight excluding hydrogens is 428 g/mol. The van der Waals surface area contributed by atoms with Gasteiger partial charge in [-0.15, -0.1) is 0 Å². The minimum Gasteiger partial charge on any atom is -0.444 e. The van der Waals surface area contributed by atoms with Crippen LogP contribution in [-0.4, -0.2) is 84.2 Å². The Morgan fingerprint density at radius 3 is 2.44 bits per heavy atom. The maximum absolute atomic E-state index is 13.0. The van der Waals surface area contributed by atoms with E-state index in [1.165, 1.54) is 5.56 Å². The van der Waals surface area contributed by atoms with Crippen molar-refractivity contribution in [3.05, 3.63) is 35.9 Å². The van der Waals surface area contributed by atoms with Crippen molar-refractivity contribution in [3.63, 3.8) is 0 Å². The maximum atomic E-state index is 13.0. The first-order valence-corrected chi connectivity index (χ1v) is 12.9. The highest BCUT2D eigenvalue weighted by Crippen LogP contribution is 2.21. The molecule has 7 nitrogen and oxygen atoms in total. The van der Waals surface area contributed by atoms with Gasteiger partial charge < -0.3 is 15.0 Å². The van der Waals surface area contributed by atoms with E-state index in [1.807, 2.05) is 27.7 Å². The lowest BCUT2D eigenvalue weighted by atomic mass is 9.96. The van der Waals surface area contributed by atoms with E-state index in [0.29, 0.717) is 12.5 Å². The Balaban J connectivity index is 1.41. The van der Waals surface area contributed by atoms with Crippen LogP contribution in [0.25, 0.3) is 0 Å². The first-order chi connectivity index (χ1) is 16.1. The molecule has 3 rings (SSSR count). The summed E-state index contributed by atoms with van der Waals surface area (Å²) in [6, 6.07) is 10.7. The zero-order valence-electron chi connectivity index (χ0n) is 21.8. The Kier molecular flexibility index (Phi) is 9.37. The van der Waals surface area contributed by atoms with Crippen LogP contribution in [0, 0.1) is 5.92 Å². The van der Waals surface area contributed by atoms with Crippen LogP contribution in [0.1, 0.15) is 58.9 Å². The molecule has 0 saturated carbocycles. The lowest BCUT2D eigenvalue weighted by Gasteiger charge is -2.38. The minimum atomic E-state index is -0.492. The van der Waals surface area contributed by atoms with Gasteiger partial charge in [0.15, 0.2) is 0 Å². The van der Waals surface area contributed by atoms with Crippen LogP contribution in [-0.2, 0) is 16.1 Å². The van der Waals surface area contributed by atoms with Gasteiger partial charge in [0.2, 0.25) is 5.91 Å². The Morgan fingerprint density at radius 2 is 1.79 bits per heavy atom. The summed E-state index contributed by atoms with van der Waals surface area (Å²) in [4.78, 5) is 31.8. The smallest absolute Gasteiger partial charge is 0.410 e. The van der Waals surface area contributed by atoms with E-state index in [9.17, 15) is 9.59 Å². The van der Waals surface area contributed by atoms with Gasteiger partial charge >= 0.3 is 6.09 Å². The molecule has 0 spiro atoms. The lowest BCUT2D eigenvalue weighted by Crippen LogP contribution is -2.53. The molecule has 0 aliphatic carbocycles. The molecule has 2 aliphatic heterocycles. The fraction of sp³-hybridized carbons (Fsp3) is 0.704. The Morgan fingerprint density at radius 1 is 1.12 bits per heavy atom. The number of rotatable bonds is 7. The summed E-state index contributed by atoms with van der Waals surface area (Å²) < 4.78 is 5.48. The molecule has 1 N–H and O–H groups in total. The van der Waals surface area contributed by atoms with Crippen LogP contribution < -0.4 is 5.32 Å². The third kappa shape index (κ3) is 8.27. The molecule has 7 heteroatoms. The molecule has 2 unspecified atom stereocenters. The van der Waals surface area contributed by atoms with Gasteiger partial charge in [0.1, 0.15) is 5.60 Å². The van der Waals surface area contributed by atoms with Crippen LogP contribution in [0.4, 0.5) is 4.79 Å². The number of ether oxygens (including phenoxy) is 1. The molecule has 2 aliphatic rings. The maximum Gasteiger partial charge on any atom is 0.410 e. The largest absolute Gasteiger partial charge is 0.444 e. The van der Waals surface area contributed by atoms with Crippen LogP contribution in [0.3, 0.4) is 0 Å². The number of amides is 2. The van der Waals surface area contributed by atoms with Crippen molar-refractivity contribution in [1.29, 1.82) is 0 Å². The van der Waals surface area contributed by atoms with E-state index < -0.39 is 5.60 Å². The first kappa shape index (κ1) is 26.5. The van der Waals surface area contributed by atoms with Gasteiger partial charge in [-0.2, -0.15) is 0 Å². The molecule has 1 aromatic rings. The normalized spacial score (nSPS) is 21.6. The topological polar surface area (TPSA) is 65.1 Å². The van der Waals surface area contributed by atoms with Gasteiger partial charge in [-0.05, 0) is 71.4 Å². The zero-order chi connectivity index (χ0) is 24.7. The number of likely N-dealkylation sites (tertiary alicyclic amines) is 2. The van der Waals surface area contributed by atoms with Crippen molar-refractivity contribution in [1.82, 2.24) is 20.0 Å². The van der Waals surface area contributed by atoms with Crippen molar-refractivity contribution in [2.24, 2.45) is 5.92 Å². The van der Waals surface area contributed by atoms with E-state index in [2.05, 4.69) is 45.4 Å². The summed E-state index contributed by atoms with van der Waals surface area (Å²) in [5.74, 6) is 0.477. The molecule has 2 heterocycles. The molecule has 2 fully saturated rings. The van der Waals surface area contributed by atoms with Crippen molar-refractivity contribution in [2.45, 2.75) is 77.6 Å². The molecular formula is C27H44N4O3. The zero-order valence-corrected chi connectivity index (χ0v) is 21.8. The predicted octanol–water partition coefficient (Wildman–Crippen LogP) is 3.73. The number of hydrogen-bond donors (Lipinski definition) is 1. The van der Waals surface area contributed by atoms with Gasteiger partial charge in [-0.3, -0.25) is 14.6 Å². The Labute approximate surface area is 205 Å². The fourth-order valence-electron chi connectivity index (χ4n) is 4.96. The number of nitrogens with one attached hydrogen (secondary N) is 1. The second-order valence-electron chi connectivity index (χ2n) is 11.1. The van der Waals surface area contributed by atoms with Crippen LogP contribution in [0.2, 0.25) is 0 Å². The quantitative estimate of drug-likeness (QED) is 0.655. The summed E-state index contributed by atoms with van der Waals surface area (Å²) in [6.07, 6.45) is 3.82. The molecule has 2 saturated heterocycles. The van der Waals surface area contributed by atoms with Gasteiger partial charge in [0, 0.05) is 45.8 Å². The van der Waals surface area contributed by atoms with E-state index in [4.69, 9.17) is 4.74 Å². The van der Waals surface area contributed by atoms with Crippen molar-refractivity contribution >= 4 is 12.0 Å². The minimum absolute atomic E-state index is 0.127. The number of piperidine rings is 2. The van der Waals surface area contributed by atoms with Crippen LogP contribution >= 0.6 is 0 Å². The standard InChI is InChI=1S/C27H44N4O3/c1-21(31-15-9-12-23(20-31)18-29(5)26(33)34-27(2,3)4)25(32)28-24-13-16-30(17-14-24)19-22-10-7-6-8-11-22/h6-8,10-11,21,23-24H,9,12-20H2,1-5H3,(H,28,32). The van der Waals surface area contributed by atoms with E-state index in [0.717, 1.165) is 58.4 Å². The molecule has 0 bridgehead atoms. The predicted molar refractivity (Wildman–Crippen MR) is 136 cm³/mol. The summed E-state index contributed by atoms with van der Waals surface area (Å²) in [5.41, 5.74) is 0.851. The number of carbonyl (C=O) groups is 2. The summed E-state index contributed by atoms with van der Waals surface area (Å²) in [7, 11) is 1.80. The third-order valence-electron chi connectivity index (χ3n) is 6.90. The average molecular weight is 473 g/mol. The monoisotopic (exact) mass is 472 g/mol. The summed E-state index contributed by atoms with van der Waals surface area (Å²) in [6.45, 7) is 13.1. The average Bonchev–Trinajstić information content (AvgIpc) is 2.79. The van der Waals surface area contributed by atoms with Crippen molar-refractivity contribution < 1.29 is 14.3 Å². The molecule has 0 radical (unpaired) electrons. The van der Waals surface area contributed by atoms with Crippen LogP contribution in [0.5, 0.6) is 0 Å². The Bertz CT molecular complexity index is 787. The molecule has 34 heavy (non-hydrogen) atoms. The Hall–Kier alpha value is -2.12. The van der Waals surface area contributed by atoms with Gasteiger partial charge in [-0.25, -0.2) is 4.79 Å². The highest BCUT2D eigenvalue weighted by Gasteiger charge is 2.31. The van der Waals surface area contributed by atoms with Crippen LogP contribution in [0.15, 0.2) is 30.3 Å². The second kappa shape index (κ2) is 12.0. The molecule has 2 atom stereocenters. The lowest BCUT2D eigenvalue weighted by molar-refractivity contribution is -0.127. The highest BCUT2D eigenvalue weighted by atomic mass is 16.6. The highest BCUT2D eigenvalue weighted by molar-refractivity contribution is 5.81. The number of hydrogen-bond acceptors (Lipinski definition) is 5. The fourth-order valence-corrected chi connectivity index (χ4v) is 4.96. The van der Waals surface area contributed by atoms with E-state index >= 15 is 0 Å². The van der Waals surface area contributed by atoms with Gasteiger partial charge in [0.05, 0.1) is 6.04 Å². The van der Waals surface area contributed by atoms with Crippen molar-refractivity contribution in [3.8, 4) is 0 Å². The molecule has 2 amide bonds. The number of nitrogens with zero attached hydrogens (tertiary/aromatic N) is 3. The second-order valence-corrected chi connectivity index (χ2v) is 11.1. The number of carbonyl (C=O) groups excluding carboxylic acids is 2. The first-order valence-electron chi connectivity index (χ1n) is 12.9. The summed E-state index contributed by atoms with van der Waals surface area (Å²) >= 11 is 0. The molecule has 190 valence electrons. The molecule has 1 aromatic carbocycles. The van der Waals surface area contributed by atoms with E-state index in [-0.39, 0.29) is 24.1 Å².